The van der Waals surface area contributed by atoms with Crippen LogP contribution in [0.15, 0.2) is 16.9 Å². The minimum Gasteiger partial charge on any atom is -0.399 e. The van der Waals surface area contributed by atoms with Gasteiger partial charge in [0.25, 0.3) is 5.56 Å². The molecule has 0 saturated heterocycles. The third-order valence-electron chi connectivity index (χ3n) is 3.32. The standard InChI is InChI=1S/C12H15F3N2O/c13-12(14,15)10-6-8(16)7-11(18)17(10)9-4-2-1-3-5-9/h6-7,9H,1-5,16H2. The molecule has 1 saturated carbocycles. The summed E-state index contributed by atoms with van der Waals surface area (Å²) in [6.45, 7) is 0. The summed E-state index contributed by atoms with van der Waals surface area (Å²) < 4.78 is 39.7. The fourth-order valence-electron chi connectivity index (χ4n) is 2.53. The number of halogens is 3. The van der Waals surface area contributed by atoms with Gasteiger partial charge in [0.05, 0.1) is 0 Å². The van der Waals surface area contributed by atoms with Gasteiger partial charge in [-0.25, -0.2) is 0 Å². The van der Waals surface area contributed by atoms with Crippen molar-refractivity contribution in [3.05, 3.63) is 28.2 Å². The summed E-state index contributed by atoms with van der Waals surface area (Å²) in [7, 11) is 0. The van der Waals surface area contributed by atoms with Gasteiger partial charge in [-0.2, -0.15) is 13.2 Å². The molecule has 2 N–H and O–H groups in total. The largest absolute Gasteiger partial charge is 0.431 e. The highest BCUT2D eigenvalue weighted by molar-refractivity contribution is 5.39. The lowest BCUT2D eigenvalue weighted by atomic mass is 9.95. The first-order valence-corrected chi connectivity index (χ1v) is 5.99. The molecule has 18 heavy (non-hydrogen) atoms. The quantitative estimate of drug-likeness (QED) is 0.843. The molecule has 0 aliphatic heterocycles. The first kappa shape index (κ1) is 13.0. The Labute approximate surface area is 102 Å². The highest BCUT2D eigenvalue weighted by Crippen LogP contribution is 2.35. The molecule has 0 bridgehead atoms. The Kier molecular flexibility index (Phi) is 3.36. The molecular weight excluding hydrogens is 245 g/mol. The van der Waals surface area contributed by atoms with Gasteiger partial charge in [0.1, 0.15) is 5.69 Å². The Bertz CT molecular complexity index is 487. The first-order chi connectivity index (χ1) is 8.39. The maximum absolute atomic E-state index is 12.9. The zero-order valence-corrected chi connectivity index (χ0v) is 9.83. The lowest BCUT2D eigenvalue weighted by Crippen LogP contribution is -2.32. The van der Waals surface area contributed by atoms with Crippen LogP contribution in [0.5, 0.6) is 0 Å². The second-order valence-corrected chi connectivity index (χ2v) is 4.67. The molecule has 6 heteroatoms. The maximum atomic E-state index is 12.9. The van der Waals surface area contributed by atoms with E-state index < -0.39 is 17.4 Å². The van der Waals surface area contributed by atoms with E-state index in [-0.39, 0.29) is 11.7 Å². The van der Waals surface area contributed by atoms with E-state index in [0.29, 0.717) is 12.8 Å². The predicted molar refractivity (Wildman–Crippen MR) is 62.2 cm³/mol. The minimum absolute atomic E-state index is 0.139. The molecule has 1 aromatic rings. The number of nitrogens with two attached hydrogens (primary N) is 1. The number of hydrogen-bond donors (Lipinski definition) is 1. The van der Waals surface area contributed by atoms with Crippen LogP contribution in [-0.2, 0) is 6.18 Å². The predicted octanol–water partition coefficient (Wildman–Crippen LogP) is 2.95. The van der Waals surface area contributed by atoms with Crippen molar-refractivity contribution in [3.63, 3.8) is 0 Å². The molecule has 1 aliphatic carbocycles. The topological polar surface area (TPSA) is 48.0 Å². The van der Waals surface area contributed by atoms with E-state index in [9.17, 15) is 18.0 Å². The van der Waals surface area contributed by atoms with Gasteiger partial charge in [-0.05, 0) is 18.9 Å². The van der Waals surface area contributed by atoms with Gasteiger partial charge in [0, 0.05) is 17.8 Å². The minimum atomic E-state index is -4.55. The normalized spacial score (nSPS) is 17.9. The van der Waals surface area contributed by atoms with Gasteiger partial charge in [0.15, 0.2) is 0 Å². The molecule has 1 fully saturated rings. The van der Waals surface area contributed by atoms with E-state index in [1.165, 1.54) is 0 Å². The summed E-state index contributed by atoms with van der Waals surface area (Å²) >= 11 is 0. The number of rotatable bonds is 1. The van der Waals surface area contributed by atoms with Gasteiger partial charge >= 0.3 is 6.18 Å². The summed E-state index contributed by atoms with van der Waals surface area (Å²) in [4.78, 5) is 11.8. The number of alkyl halides is 3. The van der Waals surface area contributed by atoms with Crippen LogP contribution < -0.4 is 11.3 Å². The van der Waals surface area contributed by atoms with Crippen molar-refractivity contribution in [1.29, 1.82) is 0 Å². The molecule has 0 radical (unpaired) electrons. The molecule has 1 aromatic heterocycles. The maximum Gasteiger partial charge on any atom is 0.431 e. The molecule has 0 aromatic carbocycles. The van der Waals surface area contributed by atoms with Crippen molar-refractivity contribution in [1.82, 2.24) is 4.57 Å². The van der Waals surface area contributed by atoms with Crippen LogP contribution in [0.2, 0.25) is 0 Å². The number of anilines is 1. The number of hydrogen-bond acceptors (Lipinski definition) is 2. The van der Waals surface area contributed by atoms with Crippen LogP contribution in [0.1, 0.15) is 43.8 Å². The lowest BCUT2D eigenvalue weighted by Gasteiger charge is -2.27. The second-order valence-electron chi connectivity index (χ2n) is 4.67. The van der Waals surface area contributed by atoms with Crippen LogP contribution in [0, 0.1) is 0 Å². The Hall–Kier alpha value is -1.46. The van der Waals surface area contributed by atoms with Crippen molar-refractivity contribution in [3.8, 4) is 0 Å². The fourth-order valence-corrected chi connectivity index (χ4v) is 2.53. The summed E-state index contributed by atoms with van der Waals surface area (Å²) in [6, 6.07) is 1.54. The Morgan fingerprint density at radius 2 is 1.78 bits per heavy atom. The van der Waals surface area contributed by atoms with E-state index in [1.54, 1.807) is 0 Å². The summed E-state index contributed by atoms with van der Waals surface area (Å²) in [5, 5.41) is 0. The van der Waals surface area contributed by atoms with Gasteiger partial charge in [-0.15, -0.1) is 0 Å². The van der Waals surface area contributed by atoms with E-state index in [2.05, 4.69) is 0 Å². The molecule has 0 unspecified atom stereocenters. The van der Waals surface area contributed by atoms with Gasteiger partial charge in [-0.3, -0.25) is 4.79 Å². The van der Waals surface area contributed by atoms with Crippen LogP contribution in [0.4, 0.5) is 18.9 Å². The summed E-state index contributed by atoms with van der Waals surface area (Å²) in [5.74, 6) is 0. The molecule has 0 amide bonds. The van der Waals surface area contributed by atoms with Gasteiger partial charge in [0.2, 0.25) is 0 Å². The fraction of sp³-hybridized carbons (Fsp3) is 0.583. The molecular formula is C12H15F3N2O. The first-order valence-electron chi connectivity index (χ1n) is 5.99. The zero-order chi connectivity index (χ0) is 13.3. The van der Waals surface area contributed by atoms with Crippen molar-refractivity contribution in [2.24, 2.45) is 0 Å². The Balaban J connectivity index is 2.53. The average Bonchev–Trinajstić information content (AvgIpc) is 2.28. The third kappa shape index (κ3) is 2.52. The smallest absolute Gasteiger partial charge is 0.399 e. The van der Waals surface area contributed by atoms with E-state index in [0.717, 1.165) is 36.0 Å². The van der Waals surface area contributed by atoms with Crippen LogP contribution in [-0.4, -0.2) is 4.57 Å². The molecule has 1 heterocycles. The molecule has 2 rings (SSSR count). The highest BCUT2D eigenvalue weighted by Gasteiger charge is 2.36. The van der Waals surface area contributed by atoms with E-state index >= 15 is 0 Å². The van der Waals surface area contributed by atoms with Crippen molar-refractivity contribution >= 4 is 5.69 Å². The number of nitrogens with zero attached hydrogens (tertiary/aromatic N) is 1. The molecule has 1 aliphatic rings. The average molecular weight is 260 g/mol. The number of aromatic nitrogens is 1. The SMILES string of the molecule is Nc1cc(C(F)(F)F)n(C2CCCCC2)c(=O)c1. The van der Waals surface area contributed by atoms with Gasteiger partial charge < -0.3 is 10.3 Å². The van der Waals surface area contributed by atoms with Crippen LogP contribution in [0.3, 0.4) is 0 Å². The molecule has 0 spiro atoms. The van der Waals surface area contributed by atoms with E-state index in [1.807, 2.05) is 0 Å². The summed E-state index contributed by atoms with van der Waals surface area (Å²) in [6.07, 6.45) is -0.578. The molecule has 0 atom stereocenters. The number of nitrogen functional groups attached to an aromatic ring is 1. The Morgan fingerprint density at radius 1 is 1.17 bits per heavy atom. The second kappa shape index (κ2) is 4.66. The Morgan fingerprint density at radius 3 is 2.33 bits per heavy atom. The van der Waals surface area contributed by atoms with Crippen LogP contribution >= 0.6 is 0 Å². The highest BCUT2D eigenvalue weighted by atomic mass is 19.4. The molecule has 3 nitrogen and oxygen atoms in total. The van der Waals surface area contributed by atoms with Crippen LogP contribution in [0.25, 0.3) is 0 Å². The van der Waals surface area contributed by atoms with Gasteiger partial charge in [-0.1, -0.05) is 19.3 Å². The third-order valence-corrected chi connectivity index (χ3v) is 3.32. The number of pyridine rings is 1. The summed E-state index contributed by atoms with van der Waals surface area (Å²) in [5.41, 5.74) is 3.61. The van der Waals surface area contributed by atoms with Crippen molar-refractivity contribution in [2.45, 2.75) is 44.3 Å². The monoisotopic (exact) mass is 260 g/mol. The lowest BCUT2D eigenvalue weighted by molar-refractivity contribution is -0.145. The molecule has 100 valence electrons. The van der Waals surface area contributed by atoms with Crippen molar-refractivity contribution in [2.75, 3.05) is 5.73 Å². The van der Waals surface area contributed by atoms with Crippen molar-refractivity contribution < 1.29 is 13.2 Å². The zero-order valence-electron chi connectivity index (χ0n) is 9.83. The van der Waals surface area contributed by atoms with E-state index in [4.69, 9.17) is 5.73 Å².